The molecule has 0 spiro atoms. The van der Waals surface area contributed by atoms with Gasteiger partial charge >= 0.3 is 5.97 Å². The summed E-state index contributed by atoms with van der Waals surface area (Å²) in [5.41, 5.74) is 0.820. The molecule has 0 radical (unpaired) electrons. The van der Waals surface area contributed by atoms with Crippen LogP contribution in [0.5, 0.6) is 5.75 Å². The van der Waals surface area contributed by atoms with Gasteiger partial charge in [-0.1, -0.05) is 18.5 Å². The second-order valence-corrected chi connectivity index (χ2v) is 9.35. The average molecular weight is 468 g/mol. The van der Waals surface area contributed by atoms with Gasteiger partial charge in [0.25, 0.3) is 10.0 Å². The van der Waals surface area contributed by atoms with Crippen molar-refractivity contribution in [3.8, 4) is 5.75 Å². The highest BCUT2D eigenvalue weighted by Gasteiger charge is 2.25. The summed E-state index contributed by atoms with van der Waals surface area (Å²) in [6.07, 6.45) is 1.07. The maximum atomic E-state index is 13.2. The van der Waals surface area contributed by atoms with Crippen LogP contribution in [0, 0.1) is 0 Å². The SMILES string of the molecule is CCCN1CCN(c2ccc(C(=O)O)cc2NS(=O)(=O)c2cc(Cl)ccc2OC)CC1. The Hall–Kier alpha value is -2.49. The van der Waals surface area contributed by atoms with Crippen LogP contribution in [-0.2, 0) is 10.0 Å². The van der Waals surface area contributed by atoms with Gasteiger partial charge in [0, 0.05) is 31.2 Å². The van der Waals surface area contributed by atoms with Crippen LogP contribution in [0.1, 0.15) is 23.7 Å². The molecule has 2 N–H and O–H groups in total. The lowest BCUT2D eigenvalue weighted by molar-refractivity contribution is 0.0697. The van der Waals surface area contributed by atoms with Crippen molar-refractivity contribution >= 4 is 39.0 Å². The molecule has 0 saturated carbocycles. The number of sulfonamides is 1. The first-order chi connectivity index (χ1) is 14.7. The molecule has 0 atom stereocenters. The van der Waals surface area contributed by atoms with Gasteiger partial charge < -0.3 is 14.7 Å². The van der Waals surface area contributed by atoms with E-state index in [0.717, 1.165) is 26.1 Å². The molecule has 10 heteroatoms. The number of nitrogens with one attached hydrogen (secondary N) is 1. The van der Waals surface area contributed by atoms with Crippen LogP contribution in [0.4, 0.5) is 11.4 Å². The molecule has 2 aromatic rings. The van der Waals surface area contributed by atoms with Crippen LogP contribution in [0.25, 0.3) is 0 Å². The van der Waals surface area contributed by atoms with E-state index in [2.05, 4.69) is 21.4 Å². The van der Waals surface area contributed by atoms with Crippen molar-refractivity contribution in [1.29, 1.82) is 0 Å². The molecular weight excluding hydrogens is 442 g/mol. The fourth-order valence-corrected chi connectivity index (χ4v) is 5.11. The Morgan fingerprint density at radius 1 is 1.16 bits per heavy atom. The molecule has 1 aliphatic rings. The second-order valence-electron chi connectivity index (χ2n) is 7.27. The van der Waals surface area contributed by atoms with E-state index in [-0.39, 0.29) is 26.9 Å². The lowest BCUT2D eigenvalue weighted by Crippen LogP contribution is -2.46. The Labute approximate surface area is 187 Å². The molecule has 0 amide bonds. The Balaban J connectivity index is 1.97. The number of carboxylic acids is 1. The minimum atomic E-state index is -4.09. The zero-order valence-corrected chi connectivity index (χ0v) is 19.0. The molecule has 0 unspecified atom stereocenters. The molecule has 1 aliphatic heterocycles. The van der Waals surface area contributed by atoms with E-state index in [9.17, 15) is 18.3 Å². The Morgan fingerprint density at radius 2 is 1.87 bits per heavy atom. The topological polar surface area (TPSA) is 99.2 Å². The van der Waals surface area contributed by atoms with Crippen molar-refractivity contribution in [3.05, 3.63) is 47.0 Å². The highest BCUT2D eigenvalue weighted by Crippen LogP contribution is 2.33. The molecule has 3 rings (SSSR count). The number of carbonyl (C=O) groups is 1. The van der Waals surface area contributed by atoms with Crippen LogP contribution in [0.2, 0.25) is 5.02 Å². The van der Waals surface area contributed by atoms with Gasteiger partial charge in [-0.3, -0.25) is 9.62 Å². The van der Waals surface area contributed by atoms with Gasteiger partial charge in [-0.05, 0) is 49.4 Å². The molecule has 0 aliphatic carbocycles. The first-order valence-electron chi connectivity index (χ1n) is 9.96. The molecule has 1 fully saturated rings. The maximum absolute atomic E-state index is 13.2. The van der Waals surface area contributed by atoms with Crippen molar-refractivity contribution in [2.75, 3.05) is 49.5 Å². The molecule has 168 valence electrons. The van der Waals surface area contributed by atoms with Crippen molar-refractivity contribution in [3.63, 3.8) is 0 Å². The van der Waals surface area contributed by atoms with Gasteiger partial charge in [0.1, 0.15) is 10.6 Å². The molecule has 0 bridgehead atoms. The minimum absolute atomic E-state index is 0.0101. The molecule has 31 heavy (non-hydrogen) atoms. The Morgan fingerprint density at radius 3 is 2.48 bits per heavy atom. The van der Waals surface area contributed by atoms with Gasteiger partial charge in [-0.25, -0.2) is 13.2 Å². The predicted octanol–water partition coefficient (Wildman–Crippen LogP) is 3.38. The number of ether oxygens (including phenoxy) is 1. The summed E-state index contributed by atoms with van der Waals surface area (Å²) >= 11 is 6.00. The number of methoxy groups -OCH3 is 1. The third kappa shape index (κ3) is 5.41. The number of halogens is 1. The van der Waals surface area contributed by atoms with Gasteiger partial charge in [0.05, 0.1) is 24.0 Å². The summed E-state index contributed by atoms with van der Waals surface area (Å²) in [4.78, 5) is 15.8. The molecular formula is C21H26ClN3O5S. The largest absolute Gasteiger partial charge is 0.495 e. The van der Waals surface area contributed by atoms with Crippen LogP contribution in [0.3, 0.4) is 0 Å². The smallest absolute Gasteiger partial charge is 0.335 e. The van der Waals surface area contributed by atoms with E-state index in [4.69, 9.17) is 16.3 Å². The summed E-state index contributed by atoms with van der Waals surface area (Å²) in [6.45, 7) is 6.27. The summed E-state index contributed by atoms with van der Waals surface area (Å²) in [5, 5.41) is 9.65. The predicted molar refractivity (Wildman–Crippen MR) is 121 cm³/mol. The Bertz CT molecular complexity index is 1050. The number of hydrogen-bond acceptors (Lipinski definition) is 6. The van der Waals surface area contributed by atoms with Crippen LogP contribution >= 0.6 is 11.6 Å². The molecule has 2 aromatic carbocycles. The standard InChI is InChI=1S/C21H26ClN3O5S/c1-3-8-24-9-11-25(12-10-24)18-6-4-15(21(26)27)13-17(18)23-31(28,29)20-14-16(22)5-7-19(20)30-2/h4-7,13-14,23H,3,8-12H2,1-2H3,(H,26,27). The Kier molecular flexibility index (Phi) is 7.30. The summed E-state index contributed by atoms with van der Waals surface area (Å²) in [6, 6.07) is 8.77. The van der Waals surface area contributed by atoms with Gasteiger partial charge in [0.15, 0.2) is 0 Å². The average Bonchev–Trinajstić information content (AvgIpc) is 2.74. The quantitative estimate of drug-likeness (QED) is 0.613. The number of nitrogens with zero attached hydrogens (tertiary/aromatic N) is 2. The lowest BCUT2D eigenvalue weighted by Gasteiger charge is -2.37. The van der Waals surface area contributed by atoms with E-state index >= 15 is 0 Å². The van der Waals surface area contributed by atoms with Gasteiger partial charge in [0.2, 0.25) is 0 Å². The van der Waals surface area contributed by atoms with Crippen molar-refractivity contribution in [2.45, 2.75) is 18.2 Å². The number of aromatic carboxylic acids is 1. The number of carboxylic acid groups (broad SMARTS) is 1. The van der Waals surface area contributed by atoms with E-state index in [0.29, 0.717) is 18.8 Å². The van der Waals surface area contributed by atoms with Crippen LogP contribution < -0.4 is 14.4 Å². The minimum Gasteiger partial charge on any atom is -0.495 e. The van der Waals surface area contributed by atoms with Crippen molar-refractivity contribution in [2.24, 2.45) is 0 Å². The second kappa shape index (κ2) is 9.76. The third-order valence-corrected chi connectivity index (χ3v) is 6.78. The third-order valence-electron chi connectivity index (χ3n) is 5.16. The highest BCUT2D eigenvalue weighted by atomic mass is 35.5. The lowest BCUT2D eigenvalue weighted by atomic mass is 10.1. The summed E-state index contributed by atoms with van der Waals surface area (Å²) in [5.74, 6) is -0.999. The zero-order valence-electron chi connectivity index (χ0n) is 17.5. The first kappa shape index (κ1) is 23.2. The number of anilines is 2. The normalized spacial score (nSPS) is 15.0. The number of hydrogen-bond donors (Lipinski definition) is 2. The highest BCUT2D eigenvalue weighted by molar-refractivity contribution is 7.92. The monoisotopic (exact) mass is 467 g/mol. The van der Waals surface area contributed by atoms with E-state index in [1.165, 1.54) is 37.4 Å². The van der Waals surface area contributed by atoms with Crippen LogP contribution in [0.15, 0.2) is 41.3 Å². The molecule has 8 nitrogen and oxygen atoms in total. The first-order valence-corrected chi connectivity index (χ1v) is 11.8. The fraction of sp³-hybridized carbons (Fsp3) is 0.381. The van der Waals surface area contributed by atoms with Gasteiger partial charge in [-0.2, -0.15) is 0 Å². The zero-order chi connectivity index (χ0) is 22.6. The number of piperazine rings is 1. The number of rotatable bonds is 8. The maximum Gasteiger partial charge on any atom is 0.335 e. The van der Waals surface area contributed by atoms with Crippen molar-refractivity contribution in [1.82, 2.24) is 4.90 Å². The van der Waals surface area contributed by atoms with E-state index in [1.807, 2.05) is 0 Å². The molecule has 1 saturated heterocycles. The van der Waals surface area contributed by atoms with E-state index < -0.39 is 16.0 Å². The molecule has 0 aromatic heterocycles. The van der Waals surface area contributed by atoms with Crippen LogP contribution in [-0.4, -0.2) is 64.2 Å². The summed E-state index contributed by atoms with van der Waals surface area (Å²) in [7, 11) is -2.72. The number of benzene rings is 2. The fourth-order valence-electron chi connectivity index (χ4n) is 3.62. The van der Waals surface area contributed by atoms with E-state index in [1.54, 1.807) is 6.07 Å². The molecule has 1 heterocycles. The van der Waals surface area contributed by atoms with Gasteiger partial charge in [-0.15, -0.1) is 0 Å². The summed E-state index contributed by atoms with van der Waals surface area (Å²) < 4.78 is 34.1. The van der Waals surface area contributed by atoms with Crippen molar-refractivity contribution < 1.29 is 23.1 Å².